The van der Waals surface area contributed by atoms with E-state index in [2.05, 4.69) is 168 Å². The highest BCUT2D eigenvalue weighted by Crippen LogP contribution is 2.38. The van der Waals surface area contributed by atoms with E-state index in [-0.39, 0.29) is 0 Å². The van der Waals surface area contributed by atoms with Crippen molar-refractivity contribution in [1.82, 2.24) is 4.57 Å². The van der Waals surface area contributed by atoms with Crippen LogP contribution in [0.4, 0.5) is 0 Å². The Hall–Kier alpha value is -5.66. The summed E-state index contributed by atoms with van der Waals surface area (Å²) in [7, 11) is 0. The normalized spacial score (nSPS) is 11.7. The molecule has 0 unspecified atom stereocenters. The van der Waals surface area contributed by atoms with Crippen molar-refractivity contribution in [3.63, 3.8) is 0 Å². The molecule has 44 heavy (non-hydrogen) atoms. The van der Waals surface area contributed by atoms with Gasteiger partial charge in [0.15, 0.2) is 0 Å². The van der Waals surface area contributed by atoms with Crippen LogP contribution in [0.25, 0.3) is 70.9 Å². The topological polar surface area (TPSA) is 4.93 Å². The quantitative estimate of drug-likeness (QED) is 0.189. The first kappa shape index (κ1) is 24.9. The Balaban J connectivity index is 1.16. The van der Waals surface area contributed by atoms with Gasteiger partial charge in [-0.1, -0.05) is 146 Å². The van der Waals surface area contributed by atoms with Gasteiger partial charge in [0, 0.05) is 16.3 Å². The zero-order valence-electron chi connectivity index (χ0n) is 24.2. The Morgan fingerprint density at radius 3 is 1.50 bits per heavy atom. The highest BCUT2D eigenvalue weighted by molar-refractivity contribution is 6.25. The number of hydrogen-bond donors (Lipinski definition) is 0. The number of para-hydroxylation sites is 3. The third-order valence-corrected chi connectivity index (χ3v) is 9.18. The first-order valence-corrected chi connectivity index (χ1v) is 15.3. The summed E-state index contributed by atoms with van der Waals surface area (Å²) in [5.74, 6) is 0. The van der Waals surface area contributed by atoms with Gasteiger partial charge in [-0.05, 0) is 73.6 Å². The highest BCUT2D eigenvalue weighted by atomic mass is 15.0. The second kappa shape index (κ2) is 9.97. The van der Waals surface area contributed by atoms with Crippen molar-refractivity contribution in [3.05, 3.63) is 175 Å². The number of nitrogens with zero attached hydrogens (tertiary/aromatic N) is 1. The predicted octanol–water partition coefficient (Wildman–Crippen LogP) is 11.5. The monoisotopic (exact) mass is 559 g/mol. The lowest BCUT2D eigenvalue weighted by Gasteiger charge is -2.15. The molecule has 1 heterocycles. The number of aromatic nitrogens is 1. The fourth-order valence-corrected chi connectivity index (χ4v) is 7.24. The summed E-state index contributed by atoms with van der Waals surface area (Å²) in [6.07, 6.45) is 0.877. The zero-order valence-corrected chi connectivity index (χ0v) is 24.2. The Kier molecular flexibility index (Phi) is 5.64. The number of benzene rings is 8. The molecule has 0 aliphatic heterocycles. The van der Waals surface area contributed by atoms with E-state index in [0.717, 1.165) is 6.42 Å². The van der Waals surface area contributed by atoms with Crippen LogP contribution in [-0.2, 0) is 6.42 Å². The predicted molar refractivity (Wildman–Crippen MR) is 188 cm³/mol. The molecular weight excluding hydrogens is 530 g/mol. The van der Waals surface area contributed by atoms with Crippen LogP contribution >= 0.6 is 0 Å². The molecule has 9 rings (SSSR count). The minimum absolute atomic E-state index is 0.877. The van der Waals surface area contributed by atoms with Crippen molar-refractivity contribution >= 4 is 54.1 Å². The average Bonchev–Trinajstić information content (AvgIpc) is 3.43. The lowest BCUT2D eigenvalue weighted by atomic mass is 9.92. The van der Waals surface area contributed by atoms with Crippen molar-refractivity contribution in [2.45, 2.75) is 6.42 Å². The summed E-state index contributed by atoms with van der Waals surface area (Å²) >= 11 is 0. The smallest absolute Gasteiger partial charge is 0.0541 e. The Morgan fingerprint density at radius 2 is 0.841 bits per heavy atom. The molecule has 0 fully saturated rings. The molecule has 0 amide bonds. The lowest BCUT2D eigenvalue weighted by molar-refractivity contribution is 1.18. The van der Waals surface area contributed by atoms with Gasteiger partial charge in [-0.15, -0.1) is 0 Å². The third-order valence-electron chi connectivity index (χ3n) is 9.18. The maximum atomic E-state index is 2.42. The van der Waals surface area contributed by atoms with E-state index in [1.807, 2.05) is 0 Å². The van der Waals surface area contributed by atoms with Gasteiger partial charge in [0.1, 0.15) is 0 Å². The van der Waals surface area contributed by atoms with Crippen molar-refractivity contribution in [3.8, 4) is 16.8 Å². The van der Waals surface area contributed by atoms with Crippen LogP contribution in [0.2, 0.25) is 0 Å². The maximum Gasteiger partial charge on any atom is 0.0541 e. The molecular formula is C43H29N. The summed E-state index contributed by atoms with van der Waals surface area (Å²) < 4.78 is 2.42. The molecule has 0 spiro atoms. The molecule has 0 saturated heterocycles. The summed E-state index contributed by atoms with van der Waals surface area (Å²) in [5.41, 5.74) is 8.76. The Morgan fingerprint density at radius 1 is 0.341 bits per heavy atom. The molecule has 206 valence electrons. The van der Waals surface area contributed by atoms with Crippen molar-refractivity contribution in [2.24, 2.45) is 0 Å². The van der Waals surface area contributed by atoms with E-state index < -0.39 is 0 Å². The standard InChI is InChI=1S/C43H29N/c1-2-17-35-33(15-1)34-16-3-4-18-36(34)40-28-30(24-25-37(35)40)26-29-12-11-13-31(27-29)32-14-5-8-21-41(32)44-42-22-9-6-19-38(42)39-20-7-10-23-43(39)44/h1-25,27-28H,26H2. The van der Waals surface area contributed by atoms with Gasteiger partial charge >= 0.3 is 0 Å². The Bertz CT molecular complexity index is 2440. The first-order chi connectivity index (χ1) is 21.8. The molecule has 0 bridgehead atoms. The molecule has 0 radical (unpaired) electrons. The van der Waals surface area contributed by atoms with Crippen molar-refractivity contribution in [2.75, 3.05) is 0 Å². The summed E-state index contributed by atoms with van der Waals surface area (Å²) in [4.78, 5) is 0. The molecule has 0 aliphatic rings. The second-order valence-corrected chi connectivity index (χ2v) is 11.7. The Labute approximate surface area is 256 Å². The number of hydrogen-bond acceptors (Lipinski definition) is 0. The summed E-state index contributed by atoms with van der Waals surface area (Å²) in [6.45, 7) is 0. The number of fused-ring (bicyclic) bond motifs is 9. The van der Waals surface area contributed by atoms with Crippen LogP contribution in [0.3, 0.4) is 0 Å². The molecule has 1 aromatic heterocycles. The van der Waals surface area contributed by atoms with E-state index in [4.69, 9.17) is 0 Å². The van der Waals surface area contributed by atoms with Crippen LogP contribution < -0.4 is 0 Å². The van der Waals surface area contributed by atoms with E-state index in [0.29, 0.717) is 0 Å². The fourth-order valence-electron chi connectivity index (χ4n) is 7.24. The lowest BCUT2D eigenvalue weighted by Crippen LogP contribution is -1.97. The minimum Gasteiger partial charge on any atom is -0.309 e. The first-order valence-electron chi connectivity index (χ1n) is 15.3. The molecule has 9 aromatic rings. The largest absolute Gasteiger partial charge is 0.309 e. The van der Waals surface area contributed by atoms with Gasteiger partial charge in [0.05, 0.1) is 16.7 Å². The van der Waals surface area contributed by atoms with Crippen LogP contribution in [-0.4, -0.2) is 4.57 Å². The molecule has 0 N–H and O–H groups in total. The minimum atomic E-state index is 0.877. The van der Waals surface area contributed by atoms with Crippen LogP contribution in [0.5, 0.6) is 0 Å². The molecule has 0 aliphatic carbocycles. The SMILES string of the molecule is c1cc(Cc2ccc3c4ccccc4c4ccccc4c3c2)cc(-c2ccccc2-n2c3ccccc3c3ccccc32)c1. The van der Waals surface area contributed by atoms with E-state index in [1.165, 1.54) is 82.1 Å². The molecule has 1 heteroatoms. The zero-order chi connectivity index (χ0) is 29.0. The summed E-state index contributed by atoms with van der Waals surface area (Å²) in [5, 5.41) is 10.5. The van der Waals surface area contributed by atoms with Gasteiger partial charge in [0.25, 0.3) is 0 Å². The van der Waals surface area contributed by atoms with E-state index in [1.54, 1.807) is 0 Å². The second-order valence-electron chi connectivity index (χ2n) is 11.7. The van der Waals surface area contributed by atoms with Crippen LogP contribution in [0.1, 0.15) is 11.1 Å². The van der Waals surface area contributed by atoms with Gasteiger partial charge in [-0.2, -0.15) is 0 Å². The molecule has 8 aromatic carbocycles. The van der Waals surface area contributed by atoms with Crippen LogP contribution in [0, 0.1) is 0 Å². The molecule has 1 nitrogen and oxygen atoms in total. The van der Waals surface area contributed by atoms with E-state index >= 15 is 0 Å². The van der Waals surface area contributed by atoms with E-state index in [9.17, 15) is 0 Å². The third kappa shape index (κ3) is 3.87. The van der Waals surface area contributed by atoms with Gasteiger partial charge in [0.2, 0.25) is 0 Å². The average molecular weight is 560 g/mol. The fraction of sp³-hybridized carbons (Fsp3) is 0.0233. The van der Waals surface area contributed by atoms with Gasteiger partial charge < -0.3 is 4.57 Å². The summed E-state index contributed by atoms with van der Waals surface area (Å²) in [6, 6.07) is 60.0. The maximum absolute atomic E-state index is 2.42. The van der Waals surface area contributed by atoms with Gasteiger partial charge in [-0.25, -0.2) is 0 Å². The van der Waals surface area contributed by atoms with Gasteiger partial charge in [-0.3, -0.25) is 0 Å². The highest BCUT2D eigenvalue weighted by Gasteiger charge is 2.15. The van der Waals surface area contributed by atoms with Crippen molar-refractivity contribution in [1.29, 1.82) is 0 Å². The van der Waals surface area contributed by atoms with Crippen LogP contribution in [0.15, 0.2) is 164 Å². The molecule has 0 saturated carbocycles. The van der Waals surface area contributed by atoms with Crippen molar-refractivity contribution < 1.29 is 0 Å². The number of rotatable bonds is 4. The molecule has 0 atom stereocenters.